The van der Waals surface area contributed by atoms with Crippen LogP contribution in [0.25, 0.3) is 0 Å². The quantitative estimate of drug-likeness (QED) is 0.634. The maximum atomic E-state index is 12.1. The molecule has 0 aliphatic rings. The molecule has 0 aliphatic carbocycles. The summed E-state index contributed by atoms with van der Waals surface area (Å²) in [6.45, 7) is 6.27. The molecule has 26 heavy (non-hydrogen) atoms. The van der Waals surface area contributed by atoms with Crippen molar-refractivity contribution in [3.8, 4) is 0 Å². The highest BCUT2D eigenvalue weighted by atomic mass is 32.2. The van der Waals surface area contributed by atoms with E-state index in [4.69, 9.17) is 4.42 Å². The van der Waals surface area contributed by atoms with Crippen molar-refractivity contribution in [3.05, 3.63) is 54.1 Å². The van der Waals surface area contributed by atoms with Gasteiger partial charge >= 0.3 is 0 Å². The second-order valence-corrected chi connectivity index (χ2v) is 9.03. The lowest BCUT2D eigenvalue weighted by atomic mass is 9.94. The zero-order valence-electron chi connectivity index (χ0n) is 14.9. The van der Waals surface area contributed by atoms with Crippen molar-refractivity contribution >= 4 is 34.1 Å². The summed E-state index contributed by atoms with van der Waals surface area (Å²) in [5.41, 5.74) is 0.821. The second kappa shape index (κ2) is 8.01. The Bertz CT molecular complexity index is 869. The number of nitrogens with zero attached hydrogens (tertiary/aromatic N) is 3. The van der Waals surface area contributed by atoms with E-state index in [-0.39, 0.29) is 17.7 Å². The molecule has 0 saturated heterocycles. The van der Waals surface area contributed by atoms with E-state index in [1.54, 1.807) is 36.5 Å². The highest BCUT2D eigenvalue weighted by Gasteiger charge is 2.19. The molecule has 3 rings (SSSR count). The Morgan fingerprint density at radius 3 is 2.81 bits per heavy atom. The van der Waals surface area contributed by atoms with E-state index in [1.807, 2.05) is 12.1 Å². The Morgan fingerprint density at radius 1 is 1.27 bits per heavy atom. The topological polar surface area (TPSA) is 80.9 Å². The van der Waals surface area contributed by atoms with Crippen molar-refractivity contribution < 1.29 is 9.21 Å². The van der Waals surface area contributed by atoms with E-state index in [9.17, 15) is 4.79 Å². The largest absolute Gasteiger partial charge is 0.444 e. The van der Waals surface area contributed by atoms with Gasteiger partial charge in [-0.3, -0.25) is 9.78 Å². The minimum Gasteiger partial charge on any atom is -0.444 e. The van der Waals surface area contributed by atoms with E-state index in [0.29, 0.717) is 16.8 Å². The van der Waals surface area contributed by atoms with Gasteiger partial charge in [-0.05, 0) is 11.6 Å². The molecule has 0 saturated carbocycles. The third-order valence-electron chi connectivity index (χ3n) is 3.45. The highest BCUT2D eigenvalue weighted by Crippen LogP contribution is 2.31. The summed E-state index contributed by atoms with van der Waals surface area (Å²) in [6, 6.07) is 3.69. The van der Waals surface area contributed by atoms with Crippen LogP contribution in [0.1, 0.15) is 38.0 Å². The number of thioether (sulfide) groups is 1. The van der Waals surface area contributed by atoms with Gasteiger partial charge in [0.05, 0.1) is 28.8 Å². The van der Waals surface area contributed by atoms with Crippen LogP contribution in [0.5, 0.6) is 0 Å². The summed E-state index contributed by atoms with van der Waals surface area (Å²) in [4.78, 5) is 24.6. The number of carbonyl (C=O) groups excluding carboxylic acids is 1. The maximum absolute atomic E-state index is 12.1. The van der Waals surface area contributed by atoms with E-state index in [0.717, 1.165) is 15.5 Å². The van der Waals surface area contributed by atoms with Gasteiger partial charge in [-0.2, -0.15) is 0 Å². The molecule has 0 fully saturated rings. The lowest BCUT2D eigenvalue weighted by Crippen LogP contribution is -2.14. The van der Waals surface area contributed by atoms with Crippen LogP contribution in [0.3, 0.4) is 0 Å². The fraction of sp³-hybridized carbons (Fsp3) is 0.333. The Labute approximate surface area is 160 Å². The number of rotatable bonds is 6. The van der Waals surface area contributed by atoms with Gasteiger partial charge in [-0.1, -0.05) is 38.2 Å². The summed E-state index contributed by atoms with van der Waals surface area (Å²) in [5, 5.41) is 3.41. The normalized spacial score (nSPS) is 11.5. The lowest BCUT2D eigenvalue weighted by molar-refractivity contribution is -0.115. The molecule has 1 amide bonds. The highest BCUT2D eigenvalue weighted by molar-refractivity contribution is 8.00. The number of oxazole rings is 1. The summed E-state index contributed by atoms with van der Waals surface area (Å²) in [5.74, 6) is 2.09. The fourth-order valence-corrected chi connectivity index (χ4v) is 3.83. The molecule has 3 heterocycles. The van der Waals surface area contributed by atoms with Crippen LogP contribution < -0.4 is 5.32 Å². The number of nitrogens with one attached hydrogen (secondary N) is 1. The van der Waals surface area contributed by atoms with Crippen LogP contribution >= 0.6 is 23.1 Å². The summed E-state index contributed by atoms with van der Waals surface area (Å²) >= 11 is 3.03. The van der Waals surface area contributed by atoms with Gasteiger partial charge in [-0.15, -0.1) is 11.8 Å². The molecular weight excluding hydrogens is 368 g/mol. The van der Waals surface area contributed by atoms with Crippen molar-refractivity contribution in [3.63, 3.8) is 0 Å². The molecule has 0 atom stereocenters. The third kappa shape index (κ3) is 5.15. The number of aromatic nitrogens is 3. The van der Waals surface area contributed by atoms with Crippen LogP contribution in [-0.2, 0) is 22.4 Å². The van der Waals surface area contributed by atoms with Gasteiger partial charge in [0.2, 0.25) is 11.8 Å². The lowest BCUT2D eigenvalue weighted by Gasteiger charge is -2.12. The van der Waals surface area contributed by atoms with Crippen LogP contribution in [0.2, 0.25) is 0 Å². The standard InChI is InChI=1S/C18H20N4O2S2/c1-18(2,3)13-9-20-15(24-13)11-25-16-10-21-17(26-16)22-14(23)7-12-5-4-6-19-8-12/h4-6,8-10H,7,11H2,1-3H3,(H,21,22,23). The molecule has 0 aliphatic heterocycles. The van der Waals surface area contributed by atoms with Gasteiger partial charge in [0.15, 0.2) is 5.13 Å². The molecule has 3 aromatic heterocycles. The van der Waals surface area contributed by atoms with Crippen molar-refractivity contribution in [2.24, 2.45) is 0 Å². The van der Waals surface area contributed by atoms with E-state index >= 15 is 0 Å². The number of hydrogen-bond acceptors (Lipinski definition) is 7. The van der Waals surface area contributed by atoms with Gasteiger partial charge in [0, 0.05) is 17.8 Å². The number of carbonyl (C=O) groups is 1. The SMILES string of the molecule is CC(C)(C)c1cnc(CSc2cnc(NC(=O)Cc3cccnc3)s2)o1. The number of pyridine rings is 1. The minimum atomic E-state index is -0.105. The minimum absolute atomic E-state index is 0.0495. The molecule has 136 valence electrons. The van der Waals surface area contributed by atoms with E-state index in [1.165, 1.54) is 11.3 Å². The Balaban J connectivity index is 1.51. The average molecular weight is 389 g/mol. The first-order valence-corrected chi connectivity index (χ1v) is 9.93. The second-order valence-electron chi connectivity index (χ2n) is 6.73. The fourth-order valence-electron chi connectivity index (χ4n) is 2.09. The van der Waals surface area contributed by atoms with E-state index < -0.39 is 0 Å². The summed E-state index contributed by atoms with van der Waals surface area (Å²) in [7, 11) is 0. The third-order valence-corrected chi connectivity index (χ3v) is 5.54. The maximum Gasteiger partial charge on any atom is 0.230 e. The molecule has 3 aromatic rings. The summed E-state index contributed by atoms with van der Waals surface area (Å²) < 4.78 is 6.78. The van der Waals surface area contributed by atoms with Crippen LogP contribution in [0.15, 0.2) is 45.5 Å². The van der Waals surface area contributed by atoms with Gasteiger partial charge in [0.25, 0.3) is 0 Å². The summed E-state index contributed by atoms with van der Waals surface area (Å²) in [6.07, 6.45) is 7.19. The van der Waals surface area contributed by atoms with Crippen molar-refractivity contribution in [1.29, 1.82) is 0 Å². The van der Waals surface area contributed by atoms with Crippen LogP contribution in [-0.4, -0.2) is 20.9 Å². The first kappa shape index (κ1) is 18.6. The number of amides is 1. The predicted octanol–water partition coefficient (Wildman–Crippen LogP) is 4.30. The molecule has 8 heteroatoms. The number of hydrogen-bond donors (Lipinski definition) is 1. The van der Waals surface area contributed by atoms with Crippen LogP contribution in [0, 0.1) is 0 Å². The smallest absolute Gasteiger partial charge is 0.230 e. The van der Waals surface area contributed by atoms with Gasteiger partial charge in [-0.25, -0.2) is 9.97 Å². The Morgan fingerprint density at radius 2 is 2.12 bits per heavy atom. The van der Waals surface area contributed by atoms with Crippen molar-refractivity contribution in [2.45, 2.75) is 42.6 Å². The molecule has 0 aromatic carbocycles. The van der Waals surface area contributed by atoms with Crippen molar-refractivity contribution in [1.82, 2.24) is 15.0 Å². The zero-order chi connectivity index (χ0) is 18.6. The molecule has 0 spiro atoms. The number of anilines is 1. The number of thiazole rings is 1. The van der Waals surface area contributed by atoms with Gasteiger partial charge in [0.1, 0.15) is 5.76 Å². The van der Waals surface area contributed by atoms with Crippen molar-refractivity contribution in [2.75, 3.05) is 5.32 Å². The predicted molar refractivity (Wildman–Crippen MR) is 103 cm³/mol. The Kier molecular flexibility index (Phi) is 5.73. The molecule has 6 nitrogen and oxygen atoms in total. The van der Waals surface area contributed by atoms with E-state index in [2.05, 4.69) is 41.0 Å². The zero-order valence-corrected chi connectivity index (χ0v) is 16.5. The molecule has 0 radical (unpaired) electrons. The first-order chi connectivity index (χ1) is 12.4. The molecule has 0 unspecified atom stereocenters. The first-order valence-electron chi connectivity index (χ1n) is 8.13. The average Bonchev–Trinajstić information content (AvgIpc) is 3.22. The monoisotopic (exact) mass is 388 g/mol. The van der Waals surface area contributed by atoms with Gasteiger partial charge < -0.3 is 9.73 Å². The molecule has 1 N–H and O–H groups in total. The van der Waals surface area contributed by atoms with Crippen LogP contribution in [0.4, 0.5) is 5.13 Å². The Hall–Kier alpha value is -2.19. The molecular formula is C18H20N4O2S2. The molecule has 0 bridgehead atoms.